The fourth-order valence-electron chi connectivity index (χ4n) is 1.39. The summed E-state index contributed by atoms with van der Waals surface area (Å²) in [4.78, 5) is 10.4. The summed E-state index contributed by atoms with van der Waals surface area (Å²) in [6, 6.07) is 4.78. The summed E-state index contributed by atoms with van der Waals surface area (Å²) in [6.45, 7) is 3.27. The van der Waals surface area contributed by atoms with Gasteiger partial charge in [0.05, 0.1) is 11.5 Å². The molecule has 17 heavy (non-hydrogen) atoms. The molecule has 1 aromatic rings. The second kappa shape index (κ2) is 6.56. The highest BCUT2D eigenvalue weighted by Crippen LogP contribution is 2.30. The number of nitrogens with zero attached hydrogens (tertiary/aromatic N) is 1. The first-order valence-corrected chi connectivity index (χ1v) is 6.05. The monoisotopic (exact) mass is 302 g/mol. The Morgan fingerprint density at radius 1 is 1.59 bits per heavy atom. The molecule has 1 aromatic carbocycles. The highest BCUT2D eigenvalue weighted by Gasteiger charge is 2.16. The van der Waals surface area contributed by atoms with Gasteiger partial charge in [-0.1, -0.05) is 22.9 Å². The Morgan fingerprint density at radius 3 is 2.88 bits per heavy atom. The van der Waals surface area contributed by atoms with E-state index in [-0.39, 0.29) is 5.69 Å². The van der Waals surface area contributed by atoms with Gasteiger partial charge in [0.1, 0.15) is 0 Å². The first-order valence-electron chi connectivity index (χ1n) is 5.26. The second-order valence-electron chi connectivity index (χ2n) is 3.84. The molecular weight excluding hydrogens is 288 g/mol. The summed E-state index contributed by atoms with van der Waals surface area (Å²) in [5, 5.41) is 13.9. The Labute approximate surface area is 108 Å². The van der Waals surface area contributed by atoms with Crippen LogP contribution in [0.2, 0.25) is 0 Å². The second-order valence-corrected chi connectivity index (χ2v) is 4.76. The van der Waals surface area contributed by atoms with Gasteiger partial charge in [0.15, 0.2) is 5.75 Å². The van der Waals surface area contributed by atoms with Crippen LogP contribution in [0.5, 0.6) is 5.75 Å². The molecule has 0 fully saturated rings. The number of ether oxygens (including phenoxy) is 1. The molecule has 0 radical (unpaired) electrons. The van der Waals surface area contributed by atoms with Gasteiger partial charge in [-0.25, -0.2) is 0 Å². The van der Waals surface area contributed by atoms with Gasteiger partial charge in [0.25, 0.3) is 0 Å². The van der Waals surface area contributed by atoms with Crippen molar-refractivity contribution in [2.45, 2.75) is 6.92 Å². The lowest BCUT2D eigenvalue weighted by Crippen LogP contribution is -2.21. The van der Waals surface area contributed by atoms with Crippen LogP contribution < -0.4 is 10.1 Å². The maximum atomic E-state index is 10.8. The fraction of sp³-hybridized carbons (Fsp3) is 0.455. The van der Waals surface area contributed by atoms with Gasteiger partial charge >= 0.3 is 5.69 Å². The van der Waals surface area contributed by atoms with Crippen LogP contribution >= 0.6 is 15.9 Å². The Bertz CT molecular complexity index is 398. The minimum absolute atomic E-state index is 0.0176. The van der Waals surface area contributed by atoms with Crippen molar-refractivity contribution in [3.63, 3.8) is 0 Å². The predicted molar refractivity (Wildman–Crippen MR) is 69.4 cm³/mol. The maximum absolute atomic E-state index is 10.8. The molecular formula is C11H15BrN2O3. The number of rotatable bonds is 6. The first kappa shape index (κ1) is 13.9. The number of nitro benzene ring substituents is 1. The highest BCUT2D eigenvalue weighted by atomic mass is 79.9. The normalized spacial score (nSPS) is 12.2. The largest absolute Gasteiger partial charge is 0.486 e. The number of nitro groups is 1. The quantitative estimate of drug-likeness (QED) is 0.648. The van der Waals surface area contributed by atoms with Gasteiger partial charge < -0.3 is 10.1 Å². The minimum atomic E-state index is -0.442. The van der Waals surface area contributed by atoms with Crippen molar-refractivity contribution in [2.24, 2.45) is 5.92 Å². The third kappa shape index (κ3) is 4.32. The summed E-state index contributed by atoms with van der Waals surface area (Å²) >= 11 is 3.20. The molecule has 0 heterocycles. The number of nitrogens with one attached hydrogen (secondary N) is 1. The molecule has 0 amide bonds. The van der Waals surface area contributed by atoms with Crippen molar-refractivity contribution in [3.8, 4) is 5.75 Å². The van der Waals surface area contributed by atoms with E-state index in [4.69, 9.17) is 4.74 Å². The van der Waals surface area contributed by atoms with Gasteiger partial charge in [-0.15, -0.1) is 0 Å². The molecule has 0 saturated carbocycles. The Balaban J connectivity index is 2.73. The molecule has 0 bridgehead atoms. The minimum Gasteiger partial charge on any atom is -0.486 e. The van der Waals surface area contributed by atoms with E-state index in [0.29, 0.717) is 22.7 Å². The van der Waals surface area contributed by atoms with E-state index in [1.807, 2.05) is 14.0 Å². The average molecular weight is 303 g/mol. The number of hydrogen-bond donors (Lipinski definition) is 1. The molecule has 1 unspecified atom stereocenters. The molecule has 0 aliphatic heterocycles. The average Bonchev–Trinajstić information content (AvgIpc) is 2.27. The number of halogens is 1. The SMILES string of the molecule is CNCC(C)COc1ccc(Br)cc1[N+](=O)[O-]. The highest BCUT2D eigenvalue weighted by molar-refractivity contribution is 9.10. The third-order valence-electron chi connectivity index (χ3n) is 2.19. The predicted octanol–water partition coefficient (Wildman–Crippen LogP) is 2.59. The van der Waals surface area contributed by atoms with Gasteiger partial charge in [-0.05, 0) is 19.2 Å². The van der Waals surface area contributed by atoms with Crippen LogP contribution in [0.1, 0.15) is 6.92 Å². The molecule has 1 atom stereocenters. The topological polar surface area (TPSA) is 64.4 Å². The van der Waals surface area contributed by atoms with Crippen LogP contribution in [-0.2, 0) is 0 Å². The summed E-state index contributed by atoms with van der Waals surface area (Å²) in [6.07, 6.45) is 0. The van der Waals surface area contributed by atoms with Crippen LogP contribution in [0, 0.1) is 16.0 Å². The molecule has 1 rings (SSSR count). The molecule has 5 nitrogen and oxygen atoms in total. The van der Waals surface area contributed by atoms with Gasteiger partial charge in [-0.2, -0.15) is 0 Å². The van der Waals surface area contributed by atoms with Crippen LogP contribution in [0.15, 0.2) is 22.7 Å². The standard InChI is InChI=1S/C11H15BrN2O3/c1-8(6-13-2)7-17-11-4-3-9(12)5-10(11)14(15)16/h3-5,8,13H,6-7H2,1-2H3. The van der Waals surface area contributed by atoms with Gasteiger partial charge in [-0.3, -0.25) is 10.1 Å². The molecule has 0 aromatic heterocycles. The third-order valence-corrected chi connectivity index (χ3v) is 2.69. The first-order chi connectivity index (χ1) is 8.04. The van der Waals surface area contributed by atoms with E-state index >= 15 is 0 Å². The summed E-state index contributed by atoms with van der Waals surface area (Å²) < 4.78 is 6.13. The summed E-state index contributed by atoms with van der Waals surface area (Å²) in [5.74, 6) is 0.601. The van der Waals surface area contributed by atoms with E-state index in [9.17, 15) is 10.1 Å². The van der Waals surface area contributed by atoms with E-state index in [0.717, 1.165) is 6.54 Å². The smallest absolute Gasteiger partial charge is 0.312 e. The lowest BCUT2D eigenvalue weighted by molar-refractivity contribution is -0.386. The molecule has 94 valence electrons. The zero-order valence-corrected chi connectivity index (χ0v) is 11.4. The lowest BCUT2D eigenvalue weighted by atomic mass is 10.2. The van der Waals surface area contributed by atoms with E-state index in [1.165, 1.54) is 6.07 Å². The van der Waals surface area contributed by atoms with Crippen molar-refractivity contribution in [1.82, 2.24) is 5.32 Å². The molecule has 0 spiro atoms. The Kier molecular flexibility index (Phi) is 5.37. The van der Waals surface area contributed by atoms with E-state index < -0.39 is 4.92 Å². The maximum Gasteiger partial charge on any atom is 0.312 e. The van der Waals surface area contributed by atoms with E-state index in [2.05, 4.69) is 21.2 Å². The van der Waals surface area contributed by atoms with Gasteiger partial charge in [0.2, 0.25) is 0 Å². The molecule has 1 N–H and O–H groups in total. The molecule has 0 aliphatic rings. The zero-order chi connectivity index (χ0) is 12.8. The summed E-state index contributed by atoms with van der Waals surface area (Å²) in [7, 11) is 1.86. The van der Waals surface area contributed by atoms with Crippen molar-refractivity contribution in [2.75, 3.05) is 20.2 Å². The lowest BCUT2D eigenvalue weighted by Gasteiger charge is -2.12. The van der Waals surface area contributed by atoms with Crippen LogP contribution in [-0.4, -0.2) is 25.1 Å². The Hall–Kier alpha value is -1.14. The molecule has 0 aliphatic carbocycles. The molecule has 0 saturated heterocycles. The number of hydrogen-bond acceptors (Lipinski definition) is 4. The summed E-state index contributed by atoms with van der Waals surface area (Å²) in [5.41, 5.74) is -0.0176. The van der Waals surface area contributed by atoms with Crippen molar-refractivity contribution < 1.29 is 9.66 Å². The van der Waals surface area contributed by atoms with E-state index in [1.54, 1.807) is 12.1 Å². The van der Waals surface area contributed by atoms with Crippen molar-refractivity contribution >= 4 is 21.6 Å². The van der Waals surface area contributed by atoms with Crippen LogP contribution in [0.25, 0.3) is 0 Å². The Morgan fingerprint density at radius 2 is 2.29 bits per heavy atom. The van der Waals surface area contributed by atoms with Crippen molar-refractivity contribution in [1.29, 1.82) is 0 Å². The van der Waals surface area contributed by atoms with Crippen molar-refractivity contribution in [3.05, 3.63) is 32.8 Å². The van der Waals surface area contributed by atoms with Crippen LogP contribution in [0.3, 0.4) is 0 Å². The fourth-order valence-corrected chi connectivity index (χ4v) is 1.74. The molecule has 6 heteroatoms. The van der Waals surface area contributed by atoms with Crippen LogP contribution in [0.4, 0.5) is 5.69 Å². The number of benzene rings is 1. The van der Waals surface area contributed by atoms with Gasteiger partial charge in [0, 0.05) is 23.0 Å². The zero-order valence-electron chi connectivity index (χ0n) is 9.77.